The number of morpholine rings is 1. The Bertz CT molecular complexity index is 775. The van der Waals surface area contributed by atoms with Crippen molar-refractivity contribution in [2.75, 3.05) is 32.8 Å². The van der Waals surface area contributed by atoms with Gasteiger partial charge in [0.2, 0.25) is 0 Å². The van der Waals surface area contributed by atoms with Crippen LogP contribution in [0, 0.1) is 13.8 Å². The maximum atomic E-state index is 12.6. The molecule has 0 radical (unpaired) electrons. The minimum atomic E-state index is -0.201. The average molecular weight is 374 g/mol. The minimum absolute atomic E-state index is 0.0972. The van der Waals surface area contributed by atoms with Gasteiger partial charge in [-0.05, 0) is 31.5 Å². The molecule has 2 aromatic rings. The Kier molecular flexibility index (Phi) is 6.25. The number of carbonyl (C=O) groups is 1. The molecule has 1 aliphatic rings. The summed E-state index contributed by atoms with van der Waals surface area (Å²) in [7, 11) is 0. The Hall–Kier alpha value is -1.95. The molecule has 1 amide bonds. The first-order valence-electron chi connectivity index (χ1n) is 8.84. The van der Waals surface area contributed by atoms with Crippen LogP contribution in [0.25, 0.3) is 0 Å². The Balaban J connectivity index is 1.76. The molecule has 26 heavy (non-hydrogen) atoms. The van der Waals surface area contributed by atoms with Crippen LogP contribution in [-0.2, 0) is 4.74 Å². The topological polar surface area (TPSA) is 54.5 Å². The van der Waals surface area contributed by atoms with Gasteiger partial charge < -0.3 is 10.1 Å². The van der Waals surface area contributed by atoms with Crippen LogP contribution < -0.4 is 5.32 Å². The van der Waals surface area contributed by atoms with Crippen molar-refractivity contribution in [3.05, 3.63) is 63.9 Å². The lowest BCUT2D eigenvalue weighted by atomic mass is 10.0. The lowest BCUT2D eigenvalue weighted by molar-refractivity contribution is 0.0162. The molecule has 1 saturated heterocycles. The number of pyridine rings is 1. The molecule has 1 aromatic carbocycles. The number of ether oxygens (including phenoxy) is 1. The van der Waals surface area contributed by atoms with Crippen LogP contribution in [0.5, 0.6) is 0 Å². The first kappa shape index (κ1) is 18.8. The average Bonchev–Trinajstić information content (AvgIpc) is 2.63. The first-order chi connectivity index (χ1) is 12.5. The van der Waals surface area contributed by atoms with E-state index in [9.17, 15) is 4.79 Å². The summed E-state index contributed by atoms with van der Waals surface area (Å²) in [5.41, 5.74) is 3.60. The molecule has 1 unspecified atom stereocenters. The maximum Gasteiger partial charge on any atom is 0.254 e. The Labute approximate surface area is 159 Å². The van der Waals surface area contributed by atoms with Gasteiger partial charge in [0.15, 0.2) is 0 Å². The zero-order valence-corrected chi connectivity index (χ0v) is 15.9. The predicted molar refractivity (Wildman–Crippen MR) is 103 cm³/mol. The van der Waals surface area contributed by atoms with E-state index >= 15 is 0 Å². The van der Waals surface area contributed by atoms with Crippen LogP contribution in [0.2, 0.25) is 5.15 Å². The highest BCUT2D eigenvalue weighted by Gasteiger charge is 2.24. The molecule has 1 aromatic heterocycles. The number of nitrogens with zero attached hydrogens (tertiary/aromatic N) is 2. The molecule has 0 aliphatic carbocycles. The molecule has 1 N–H and O–H groups in total. The Morgan fingerprint density at radius 2 is 2.04 bits per heavy atom. The summed E-state index contributed by atoms with van der Waals surface area (Å²) in [6, 6.07) is 12.0. The van der Waals surface area contributed by atoms with Gasteiger partial charge in [-0.25, -0.2) is 4.98 Å². The second-order valence-corrected chi connectivity index (χ2v) is 6.94. The maximum absolute atomic E-state index is 12.6. The minimum Gasteiger partial charge on any atom is -0.379 e. The number of carbonyl (C=O) groups excluding carboxylic acids is 1. The molecular weight excluding hydrogens is 350 g/mol. The van der Waals surface area contributed by atoms with Crippen molar-refractivity contribution >= 4 is 17.5 Å². The van der Waals surface area contributed by atoms with Crippen molar-refractivity contribution in [1.29, 1.82) is 0 Å². The molecule has 2 heterocycles. The number of hydrogen-bond acceptors (Lipinski definition) is 4. The largest absolute Gasteiger partial charge is 0.379 e. The monoisotopic (exact) mass is 373 g/mol. The highest BCUT2D eigenvalue weighted by Crippen LogP contribution is 2.23. The van der Waals surface area contributed by atoms with Crippen LogP contribution in [0.3, 0.4) is 0 Å². The van der Waals surface area contributed by atoms with Crippen molar-refractivity contribution in [3.63, 3.8) is 0 Å². The number of aryl methyl sites for hydroxylation is 2. The number of amides is 1. The molecule has 1 atom stereocenters. The summed E-state index contributed by atoms with van der Waals surface area (Å²) >= 11 is 6.13. The SMILES string of the molecule is Cc1cccc(C(CNC(=O)c2ccc(C)nc2Cl)N2CCOCC2)c1. The van der Waals surface area contributed by atoms with E-state index in [1.807, 2.05) is 6.92 Å². The van der Waals surface area contributed by atoms with Gasteiger partial charge in [0.25, 0.3) is 5.91 Å². The van der Waals surface area contributed by atoms with E-state index in [1.54, 1.807) is 12.1 Å². The summed E-state index contributed by atoms with van der Waals surface area (Å²) in [6.45, 7) is 7.55. The molecule has 1 aliphatic heterocycles. The van der Waals surface area contributed by atoms with E-state index in [1.165, 1.54) is 11.1 Å². The van der Waals surface area contributed by atoms with E-state index in [0.29, 0.717) is 25.3 Å². The predicted octanol–water partition coefficient (Wildman–Crippen LogP) is 3.16. The fourth-order valence-electron chi connectivity index (χ4n) is 3.20. The molecule has 1 fully saturated rings. The third-order valence-electron chi connectivity index (χ3n) is 4.60. The van der Waals surface area contributed by atoms with Gasteiger partial charge in [0.05, 0.1) is 24.8 Å². The quantitative estimate of drug-likeness (QED) is 0.818. The van der Waals surface area contributed by atoms with E-state index in [4.69, 9.17) is 16.3 Å². The van der Waals surface area contributed by atoms with Gasteiger partial charge in [0, 0.05) is 25.3 Å². The zero-order chi connectivity index (χ0) is 18.5. The lowest BCUT2D eigenvalue weighted by Crippen LogP contribution is -2.43. The van der Waals surface area contributed by atoms with Crippen molar-refractivity contribution in [2.24, 2.45) is 0 Å². The molecule has 0 spiro atoms. The van der Waals surface area contributed by atoms with E-state index < -0.39 is 0 Å². The number of aromatic nitrogens is 1. The zero-order valence-electron chi connectivity index (χ0n) is 15.2. The van der Waals surface area contributed by atoms with Gasteiger partial charge in [-0.15, -0.1) is 0 Å². The Morgan fingerprint density at radius 1 is 1.27 bits per heavy atom. The van der Waals surface area contributed by atoms with Gasteiger partial charge in [-0.1, -0.05) is 41.4 Å². The fraction of sp³-hybridized carbons (Fsp3) is 0.400. The summed E-state index contributed by atoms with van der Waals surface area (Å²) in [6.07, 6.45) is 0. The molecule has 3 rings (SSSR count). The lowest BCUT2D eigenvalue weighted by Gasteiger charge is -2.35. The van der Waals surface area contributed by atoms with Crippen molar-refractivity contribution < 1.29 is 9.53 Å². The highest BCUT2D eigenvalue weighted by atomic mass is 35.5. The summed E-state index contributed by atoms with van der Waals surface area (Å²) in [4.78, 5) is 19.1. The van der Waals surface area contributed by atoms with Crippen LogP contribution in [0.4, 0.5) is 0 Å². The van der Waals surface area contributed by atoms with Crippen LogP contribution in [0.15, 0.2) is 36.4 Å². The second-order valence-electron chi connectivity index (χ2n) is 6.58. The van der Waals surface area contributed by atoms with Crippen LogP contribution in [-0.4, -0.2) is 48.6 Å². The summed E-state index contributed by atoms with van der Waals surface area (Å²) in [5.74, 6) is -0.201. The van der Waals surface area contributed by atoms with E-state index in [-0.39, 0.29) is 17.1 Å². The van der Waals surface area contributed by atoms with Crippen molar-refractivity contribution in [1.82, 2.24) is 15.2 Å². The van der Waals surface area contributed by atoms with Crippen LogP contribution in [0.1, 0.15) is 33.2 Å². The van der Waals surface area contributed by atoms with Crippen molar-refractivity contribution in [3.8, 4) is 0 Å². The standard InChI is InChI=1S/C20H24ClN3O2/c1-14-4-3-5-16(12-14)18(24-8-10-26-11-9-24)13-22-20(25)17-7-6-15(2)23-19(17)21/h3-7,12,18H,8-11,13H2,1-2H3,(H,22,25). The highest BCUT2D eigenvalue weighted by molar-refractivity contribution is 6.32. The van der Waals surface area contributed by atoms with E-state index in [0.717, 1.165) is 18.8 Å². The number of hydrogen-bond donors (Lipinski definition) is 1. The molecular formula is C20H24ClN3O2. The third-order valence-corrected chi connectivity index (χ3v) is 4.89. The normalized spacial score (nSPS) is 16.3. The molecule has 0 saturated carbocycles. The van der Waals surface area contributed by atoms with Gasteiger partial charge >= 0.3 is 0 Å². The van der Waals surface area contributed by atoms with E-state index in [2.05, 4.69) is 46.4 Å². The first-order valence-corrected chi connectivity index (χ1v) is 9.22. The molecule has 5 nitrogen and oxygen atoms in total. The van der Waals surface area contributed by atoms with Gasteiger partial charge in [-0.3, -0.25) is 9.69 Å². The summed E-state index contributed by atoms with van der Waals surface area (Å²) in [5, 5.41) is 3.27. The third kappa shape index (κ3) is 4.61. The number of halogens is 1. The summed E-state index contributed by atoms with van der Waals surface area (Å²) < 4.78 is 5.48. The molecule has 6 heteroatoms. The Morgan fingerprint density at radius 3 is 2.73 bits per heavy atom. The van der Waals surface area contributed by atoms with Gasteiger partial charge in [0.1, 0.15) is 5.15 Å². The second kappa shape index (κ2) is 8.62. The van der Waals surface area contributed by atoms with Crippen LogP contribution >= 0.6 is 11.6 Å². The van der Waals surface area contributed by atoms with Crippen molar-refractivity contribution in [2.45, 2.75) is 19.9 Å². The number of rotatable bonds is 5. The number of benzene rings is 1. The smallest absolute Gasteiger partial charge is 0.254 e. The fourth-order valence-corrected chi connectivity index (χ4v) is 3.49. The molecule has 138 valence electrons. The molecule has 0 bridgehead atoms. The van der Waals surface area contributed by atoms with Gasteiger partial charge in [-0.2, -0.15) is 0 Å². The number of nitrogens with one attached hydrogen (secondary N) is 1.